The molecule has 0 unspecified atom stereocenters. The average Bonchev–Trinajstić information content (AvgIpc) is 3.14. The number of aryl methyl sites for hydroxylation is 1. The maximum atomic E-state index is 4.04. The van der Waals surface area contributed by atoms with Crippen LogP contribution in [0.1, 0.15) is 11.1 Å². The highest BCUT2D eigenvalue weighted by molar-refractivity contribution is 6.10. The topological polar surface area (TPSA) is 34.3 Å². The Bertz CT molecular complexity index is 553. The van der Waals surface area contributed by atoms with Gasteiger partial charge in [-0.15, -0.1) is 0 Å². The summed E-state index contributed by atoms with van der Waals surface area (Å²) < 4.78 is 0. The third-order valence-corrected chi connectivity index (χ3v) is 2.77. The highest BCUT2D eigenvalue weighted by atomic mass is 15.5. The molecule has 1 heterocycles. The minimum Gasteiger partial charge on any atom is -0.257 e. The summed E-state index contributed by atoms with van der Waals surface area (Å²) in [5, 5.41) is 4.04. The Hall–Kier alpha value is -2.09. The van der Waals surface area contributed by atoms with Gasteiger partial charge >= 0.3 is 0 Å². The molecule has 1 N–H and O–H groups in total. The van der Waals surface area contributed by atoms with E-state index in [1.807, 2.05) is 6.07 Å². The van der Waals surface area contributed by atoms with Crippen LogP contribution in [0.25, 0.3) is 11.1 Å². The van der Waals surface area contributed by atoms with Crippen molar-refractivity contribution in [3.05, 3.63) is 59.7 Å². The van der Waals surface area contributed by atoms with Gasteiger partial charge < -0.3 is 0 Å². The van der Waals surface area contributed by atoms with Crippen molar-refractivity contribution in [2.45, 2.75) is 6.92 Å². The van der Waals surface area contributed by atoms with Crippen molar-refractivity contribution in [1.29, 1.82) is 0 Å². The van der Waals surface area contributed by atoms with Crippen molar-refractivity contribution in [2.75, 3.05) is 0 Å². The van der Waals surface area contributed by atoms with E-state index in [1.54, 1.807) is 0 Å². The fourth-order valence-electron chi connectivity index (χ4n) is 1.82. The fraction of sp³-hybridized carbons (Fsp3) is 0.0714. The molecule has 0 aromatic heterocycles. The lowest BCUT2D eigenvalue weighted by Crippen LogP contribution is -1.97. The Morgan fingerprint density at radius 1 is 0.875 bits per heavy atom. The highest BCUT2D eigenvalue weighted by Gasteiger charge is 2.16. The number of nitrogens with zero attached hydrogens (tertiary/aromatic N) is 1. The van der Waals surface area contributed by atoms with Crippen molar-refractivity contribution >= 4 is 5.84 Å². The van der Waals surface area contributed by atoms with E-state index in [9.17, 15) is 0 Å². The van der Waals surface area contributed by atoms with E-state index in [0.717, 1.165) is 5.84 Å². The van der Waals surface area contributed by atoms with Gasteiger partial charge in [0.2, 0.25) is 0 Å². The zero-order valence-corrected chi connectivity index (χ0v) is 9.07. The second-order valence-corrected chi connectivity index (χ2v) is 3.98. The van der Waals surface area contributed by atoms with Crippen LogP contribution in [0, 0.1) is 6.92 Å². The van der Waals surface area contributed by atoms with E-state index < -0.39 is 0 Å². The first-order valence-electron chi connectivity index (χ1n) is 5.35. The summed E-state index contributed by atoms with van der Waals surface area (Å²) in [7, 11) is 0. The molecular formula is C14H12N2. The Labute approximate surface area is 94.6 Å². The van der Waals surface area contributed by atoms with Crippen LogP contribution in [-0.2, 0) is 0 Å². The maximum absolute atomic E-state index is 4.04. The van der Waals surface area contributed by atoms with Gasteiger partial charge in [0.1, 0.15) is 0 Å². The first-order valence-corrected chi connectivity index (χ1v) is 5.35. The van der Waals surface area contributed by atoms with Gasteiger partial charge in [0.25, 0.3) is 0 Å². The first-order chi connectivity index (χ1) is 7.84. The molecule has 2 aromatic carbocycles. The molecule has 2 aromatic rings. The number of amidine groups is 1. The third-order valence-electron chi connectivity index (χ3n) is 2.77. The van der Waals surface area contributed by atoms with E-state index in [1.165, 1.54) is 22.3 Å². The van der Waals surface area contributed by atoms with Crippen LogP contribution in [0.15, 0.2) is 53.6 Å². The van der Waals surface area contributed by atoms with Crippen molar-refractivity contribution in [3.8, 4) is 11.1 Å². The van der Waals surface area contributed by atoms with Crippen LogP contribution >= 0.6 is 0 Å². The summed E-state index contributed by atoms with van der Waals surface area (Å²) in [5.41, 5.74) is 7.83. The molecule has 2 heteroatoms. The number of nitrogens with one attached hydrogen (secondary N) is 1. The monoisotopic (exact) mass is 208 g/mol. The molecule has 0 saturated heterocycles. The van der Waals surface area contributed by atoms with E-state index in [4.69, 9.17) is 0 Å². The molecule has 0 amide bonds. The smallest absolute Gasteiger partial charge is 0.174 e. The van der Waals surface area contributed by atoms with Gasteiger partial charge in [-0.2, -0.15) is 5.10 Å². The summed E-state index contributed by atoms with van der Waals surface area (Å²) in [4.78, 5) is 0. The largest absolute Gasteiger partial charge is 0.257 e. The van der Waals surface area contributed by atoms with Gasteiger partial charge in [-0.3, -0.25) is 5.43 Å². The molecule has 0 atom stereocenters. The van der Waals surface area contributed by atoms with Crippen LogP contribution in [0.3, 0.4) is 0 Å². The second-order valence-electron chi connectivity index (χ2n) is 3.98. The zero-order valence-electron chi connectivity index (χ0n) is 9.07. The Morgan fingerprint density at radius 3 is 2.12 bits per heavy atom. The molecule has 0 radical (unpaired) electrons. The minimum absolute atomic E-state index is 0.983. The predicted octanol–water partition coefficient (Wildman–Crippen LogP) is 2.93. The standard InChI is InChI=1S/C14H12N2/c1-10-6-8-11(9-7-10)12-4-2-3-5-13(12)14-15-16-14/h2-9H,1H3,(H,15,16). The number of rotatable bonds is 2. The Balaban J connectivity index is 2.12. The van der Waals surface area contributed by atoms with E-state index in [0.29, 0.717) is 0 Å². The zero-order chi connectivity index (χ0) is 11.0. The molecule has 1 aliphatic rings. The molecule has 3 rings (SSSR count). The fourth-order valence-corrected chi connectivity index (χ4v) is 1.82. The third kappa shape index (κ3) is 1.58. The molecule has 0 fully saturated rings. The molecule has 1 aliphatic heterocycles. The number of benzene rings is 2. The maximum Gasteiger partial charge on any atom is 0.174 e. The van der Waals surface area contributed by atoms with E-state index in [2.05, 4.69) is 59.9 Å². The number of hydrazone groups is 1. The summed E-state index contributed by atoms with van der Waals surface area (Å²) in [6.45, 7) is 2.10. The van der Waals surface area contributed by atoms with Crippen LogP contribution < -0.4 is 5.43 Å². The highest BCUT2D eigenvalue weighted by Crippen LogP contribution is 2.25. The molecule has 2 nitrogen and oxygen atoms in total. The van der Waals surface area contributed by atoms with Gasteiger partial charge in [-0.1, -0.05) is 54.1 Å². The SMILES string of the molecule is Cc1ccc(-c2ccccc2C2=NN2)cc1. The molecule has 16 heavy (non-hydrogen) atoms. The molecule has 78 valence electrons. The summed E-state index contributed by atoms with van der Waals surface area (Å²) in [5.74, 6) is 0.983. The molecular weight excluding hydrogens is 196 g/mol. The number of hydrogen-bond acceptors (Lipinski definition) is 2. The Kier molecular flexibility index (Phi) is 2.00. The normalized spacial score (nSPS) is 12.9. The molecule has 0 spiro atoms. The van der Waals surface area contributed by atoms with Gasteiger partial charge in [0.05, 0.1) is 0 Å². The van der Waals surface area contributed by atoms with Gasteiger partial charge in [-0.05, 0) is 18.1 Å². The minimum atomic E-state index is 0.983. The van der Waals surface area contributed by atoms with Crippen LogP contribution in [-0.4, -0.2) is 5.84 Å². The van der Waals surface area contributed by atoms with Gasteiger partial charge in [0, 0.05) is 5.56 Å². The van der Waals surface area contributed by atoms with Gasteiger partial charge in [-0.25, -0.2) is 0 Å². The lowest BCUT2D eigenvalue weighted by Gasteiger charge is -2.05. The molecule has 0 bridgehead atoms. The van der Waals surface area contributed by atoms with Crippen molar-refractivity contribution in [1.82, 2.24) is 5.43 Å². The van der Waals surface area contributed by atoms with Crippen molar-refractivity contribution < 1.29 is 0 Å². The number of hydrogen-bond donors (Lipinski definition) is 1. The van der Waals surface area contributed by atoms with E-state index in [-0.39, 0.29) is 0 Å². The quantitative estimate of drug-likeness (QED) is 0.809. The van der Waals surface area contributed by atoms with Gasteiger partial charge in [0.15, 0.2) is 5.84 Å². The van der Waals surface area contributed by atoms with Crippen molar-refractivity contribution in [3.63, 3.8) is 0 Å². The summed E-state index contributed by atoms with van der Waals surface area (Å²) in [6, 6.07) is 16.9. The van der Waals surface area contributed by atoms with Crippen LogP contribution in [0.4, 0.5) is 0 Å². The second kappa shape index (κ2) is 3.49. The first kappa shape index (κ1) is 9.16. The van der Waals surface area contributed by atoms with Crippen LogP contribution in [0.5, 0.6) is 0 Å². The average molecular weight is 208 g/mol. The summed E-state index contributed by atoms with van der Waals surface area (Å²) >= 11 is 0. The lowest BCUT2D eigenvalue weighted by molar-refractivity contribution is 1.26. The lowest BCUT2D eigenvalue weighted by atomic mass is 9.99. The molecule has 0 aliphatic carbocycles. The van der Waals surface area contributed by atoms with Crippen molar-refractivity contribution in [2.24, 2.45) is 5.10 Å². The molecule has 0 saturated carbocycles. The summed E-state index contributed by atoms with van der Waals surface area (Å²) in [6.07, 6.45) is 0. The predicted molar refractivity (Wildman–Crippen MR) is 66.3 cm³/mol. The van der Waals surface area contributed by atoms with Crippen LogP contribution in [0.2, 0.25) is 0 Å². The Morgan fingerprint density at radius 2 is 1.50 bits per heavy atom. The van der Waals surface area contributed by atoms with E-state index >= 15 is 0 Å².